The van der Waals surface area contributed by atoms with Crippen molar-refractivity contribution in [3.63, 3.8) is 0 Å². The standard InChI is InChI=1S/C26H29ClN2O7S/c1-17-6-12-20(13-7-17)37(32,33)36-15-5-14-34-25(31)19-10-8-18(9-11-19)16-35-22-21(27)24(30)29-28-23(22)26(2,3)4/h6-13H,5,14-16H2,1-4H3,(H,29,30). The third kappa shape index (κ3) is 7.64. The van der Waals surface area contributed by atoms with E-state index < -0.39 is 27.1 Å². The van der Waals surface area contributed by atoms with Crippen LogP contribution in [-0.4, -0.2) is 37.8 Å². The number of nitrogens with one attached hydrogen (secondary N) is 1. The number of benzene rings is 2. The van der Waals surface area contributed by atoms with Crippen LogP contribution >= 0.6 is 11.6 Å². The number of aryl methyl sites for hydroxylation is 1. The van der Waals surface area contributed by atoms with Gasteiger partial charge in [-0.3, -0.25) is 8.98 Å². The number of hydrogen-bond donors (Lipinski definition) is 1. The Morgan fingerprint density at radius 1 is 1.03 bits per heavy atom. The number of esters is 1. The molecule has 1 heterocycles. The monoisotopic (exact) mass is 548 g/mol. The highest BCUT2D eigenvalue weighted by Gasteiger charge is 2.25. The van der Waals surface area contributed by atoms with Crippen LogP contribution in [0, 0.1) is 6.92 Å². The van der Waals surface area contributed by atoms with Gasteiger partial charge in [-0.25, -0.2) is 9.89 Å². The Labute approximate surface area is 220 Å². The number of aromatic nitrogens is 2. The van der Waals surface area contributed by atoms with Crippen molar-refractivity contribution in [3.05, 3.63) is 86.3 Å². The first kappa shape index (κ1) is 28.4. The van der Waals surface area contributed by atoms with Crippen LogP contribution < -0.4 is 10.3 Å². The van der Waals surface area contributed by atoms with Gasteiger partial charge >= 0.3 is 5.97 Å². The van der Waals surface area contributed by atoms with Gasteiger partial charge in [0.25, 0.3) is 15.7 Å². The minimum absolute atomic E-state index is 0.00323. The van der Waals surface area contributed by atoms with E-state index in [-0.39, 0.29) is 41.9 Å². The zero-order valence-corrected chi connectivity index (χ0v) is 22.6. The number of H-pyrrole nitrogens is 1. The molecule has 9 nitrogen and oxygen atoms in total. The molecule has 0 atom stereocenters. The molecular formula is C26H29ClN2O7S. The SMILES string of the molecule is Cc1ccc(S(=O)(=O)OCCCOC(=O)c2ccc(COc3c(C(C)(C)C)n[nH]c(=O)c3Cl)cc2)cc1. The zero-order chi connectivity index (χ0) is 27.2. The average molecular weight is 549 g/mol. The molecule has 0 bridgehead atoms. The molecule has 0 spiro atoms. The number of carbonyl (C=O) groups excluding carboxylic acids is 1. The average Bonchev–Trinajstić information content (AvgIpc) is 2.84. The second-order valence-corrected chi connectivity index (χ2v) is 11.4. The van der Waals surface area contributed by atoms with Crippen molar-refractivity contribution in [3.8, 4) is 5.75 Å². The maximum Gasteiger partial charge on any atom is 0.338 e. The molecule has 0 radical (unpaired) electrons. The van der Waals surface area contributed by atoms with Crippen molar-refractivity contribution in [2.45, 2.75) is 51.0 Å². The topological polar surface area (TPSA) is 125 Å². The number of halogens is 1. The van der Waals surface area contributed by atoms with Gasteiger partial charge in [-0.2, -0.15) is 13.5 Å². The van der Waals surface area contributed by atoms with Gasteiger partial charge < -0.3 is 9.47 Å². The van der Waals surface area contributed by atoms with Gasteiger partial charge in [0.1, 0.15) is 12.3 Å². The van der Waals surface area contributed by atoms with Crippen LogP contribution in [0.2, 0.25) is 5.02 Å². The molecule has 0 amide bonds. The number of aromatic amines is 1. The maximum atomic E-state index is 12.3. The first-order valence-corrected chi connectivity index (χ1v) is 13.3. The van der Waals surface area contributed by atoms with E-state index in [0.29, 0.717) is 11.3 Å². The molecule has 1 aromatic heterocycles. The van der Waals surface area contributed by atoms with E-state index in [1.165, 1.54) is 12.1 Å². The molecule has 0 saturated heterocycles. The molecular weight excluding hydrogens is 520 g/mol. The Morgan fingerprint density at radius 2 is 1.68 bits per heavy atom. The van der Waals surface area contributed by atoms with E-state index in [4.69, 9.17) is 25.3 Å². The van der Waals surface area contributed by atoms with Crippen molar-refractivity contribution >= 4 is 27.7 Å². The lowest BCUT2D eigenvalue weighted by Gasteiger charge is -2.21. The number of rotatable bonds is 10. The van der Waals surface area contributed by atoms with Crippen molar-refractivity contribution < 1.29 is 26.9 Å². The van der Waals surface area contributed by atoms with Crippen LogP contribution in [0.3, 0.4) is 0 Å². The fourth-order valence-electron chi connectivity index (χ4n) is 3.19. The number of nitrogens with zero attached hydrogens (tertiary/aromatic N) is 1. The van der Waals surface area contributed by atoms with Gasteiger partial charge in [-0.05, 0) is 36.8 Å². The number of ether oxygens (including phenoxy) is 2. The van der Waals surface area contributed by atoms with E-state index in [1.807, 2.05) is 27.7 Å². The fraction of sp³-hybridized carbons (Fsp3) is 0.346. The van der Waals surface area contributed by atoms with Crippen LogP contribution in [0.5, 0.6) is 5.75 Å². The third-order valence-electron chi connectivity index (χ3n) is 5.24. The van der Waals surface area contributed by atoms with E-state index in [0.717, 1.165) is 11.1 Å². The number of hydrogen-bond acceptors (Lipinski definition) is 8. The predicted octanol–water partition coefficient (Wildman–Crippen LogP) is 4.56. The van der Waals surface area contributed by atoms with Crippen LogP contribution in [0.25, 0.3) is 0 Å². The summed E-state index contributed by atoms with van der Waals surface area (Å²) in [7, 11) is -3.86. The molecule has 0 aliphatic heterocycles. The molecule has 0 fully saturated rings. The molecule has 0 unspecified atom stereocenters. The van der Waals surface area contributed by atoms with Crippen LogP contribution in [-0.2, 0) is 31.1 Å². The summed E-state index contributed by atoms with van der Waals surface area (Å²) in [4.78, 5) is 24.3. The van der Waals surface area contributed by atoms with Crippen molar-refractivity contribution in [1.29, 1.82) is 0 Å². The second kappa shape index (κ2) is 11.9. The van der Waals surface area contributed by atoms with Gasteiger partial charge in [0, 0.05) is 11.8 Å². The molecule has 37 heavy (non-hydrogen) atoms. The van der Waals surface area contributed by atoms with E-state index >= 15 is 0 Å². The first-order chi connectivity index (χ1) is 17.4. The van der Waals surface area contributed by atoms with E-state index in [9.17, 15) is 18.0 Å². The molecule has 11 heteroatoms. The zero-order valence-electron chi connectivity index (χ0n) is 21.0. The van der Waals surface area contributed by atoms with Crippen molar-refractivity contribution in [2.75, 3.05) is 13.2 Å². The lowest BCUT2D eigenvalue weighted by Crippen LogP contribution is -2.22. The van der Waals surface area contributed by atoms with Gasteiger partial charge in [-0.1, -0.05) is 62.2 Å². The fourth-order valence-corrected chi connectivity index (χ4v) is 4.32. The Hall–Kier alpha value is -3.21. The summed E-state index contributed by atoms with van der Waals surface area (Å²) in [5.41, 5.74) is 1.57. The first-order valence-electron chi connectivity index (χ1n) is 11.5. The summed E-state index contributed by atoms with van der Waals surface area (Å²) < 4.78 is 40.4. The predicted molar refractivity (Wildman–Crippen MR) is 139 cm³/mol. The molecule has 1 N–H and O–H groups in total. The van der Waals surface area contributed by atoms with Crippen LogP contribution in [0.4, 0.5) is 0 Å². The lowest BCUT2D eigenvalue weighted by atomic mass is 9.91. The lowest BCUT2D eigenvalue weighted by molar-refractivity contribution is 0.0487. The Balaban J connectivity index is 1.49. The summed E-state index contributed by atoms with van der Waals surface area (Å²) in [5.74, 6) is -0.335. The minimum atomic E-state index is -3.86. The number of carbonyl (C=O) groups is 1. The van der Waals surface area contributed by atoms with E-state index in [2.05, 4.69) is 10.2 Å². The Kier molecular flexibility index (Phi) is 9.12. The molecule has 2 aromatic carbocycles. The quantitative estimate of drug-likeness (QED) is 0.222. The summed E-state index contributed by atoms with van der Waals surface area (Å²) in [5, 5.41) is 6.38. The molecule has 0 aliphatic carbocycles. The molecule has 3 aromatic rings. The molecule has 198 valence electrons. The van der Waals surface area contributed by atoms with Crippen molar-refractivity contribution in [2.24, 2.45) is 0 Å². The van der Waals surface area contributed by atoms with Gasteiger partial charge in [0.2, 0.25) is 0 Å². The summed E-state index contributed by atoms with van der Waals surface area (Å²) >= 11 is 6.16. The van der Waals surface area contributed by atoms with Crippen LogP contribution in [0.1, 0.15) is 54.4 Å². The smallest absolute Gasteiger partial charge is 0.338 e. The van der Waals surface area contributed by atoms with Gasteiger partial charge in [-0.15, -0.1) is 0 Å². The molecule has 0 saturated carbocycles. The highest BCUT2D eigenvalue weighted by Crippen LogP contribution is 2.33. The highest BCUT2D eigenvalue weighted by molar-refractivity contribution is 7.86. The van der Waals surface area contributed by atoms with E-state index in [1.54, 1.807) is 36.4 Å². The second-order valence-electron chi connectivity index (χ2n) is 9.36. The maximum absolute atomic E-state index is 12.3. The Morgan fingerprint density at radius 3 is 2.30 bits per heavy atom. The van der Waals surface area contributed by atoms with Crippen LogP contribution in [0.15, 0.2) is 58.2 Å². The summed E-state index contributed by atoms with van der Waals surface area (Å²) in [6.07, 6.45) is 0.212. The minimum Gasteiger partial charge on any atom is -0.485 e. The summed E-state index contributed by atoms with van der Waals surface area (Å²) in [6, 6.07) is 12.9. The largest absolute Gasteiger partial charge is 0.485 e. The summed E-state index contributed by atoms with van der Waals surface area (Å²) in [6.45, 7) is 7.62. The van der Waals surface area contributed by atoms with Gasteiger partial charge in [0.15, 0.2) is 10.8 Å². The van der Waals surface area contributed by atoms with Gasteiger partial charge in [0.05, 0.1) is 23.7 Å². The molecule has 0 aliphatic rings. The molecule has 3 rings (SSSR count). The highest BCUT2D eigenvalue weighted by atomic mass is 35.5. The third-order valence-corrected chi connectivity index (χ3v) is 6.91. The normalized spacial score (nSPS) is 11.8. The Bertz CT molecular complexity index is 1390. The van der Waals surface area contributed by atoms with Crippen molar-refractivity contribution in [1.82, 2.24) is 10.2 Å².